The monoisotopic (exact) mass is 309 g/mol. The topological polar surface area (TPSA) is 45.2 Å². The summed E-state index contributed by atoms with van der Waals surface area (Å²) < 4.78 is 0. The third kappa shape index (κ3) is 5.34. The summed E-state index contributed by atoms with van der Waals surface area (Å²) >= 11 is 0. The molecule has 0 aliphatic carbocycles. The Morgan fingerprint density at radius 3 is 2.57 bits per heavy atom. The van der Waals surface area contributed by atoms with Crippen LogP contribution in [0.2, 0.25) is 0 Å². The molecule has 0 saturated heterocycles. The Morgan fingerprint density at radius 1 is 1.22 bits per heavy atom. The molecule has 0 spiro atoms. The summed E-state index contributed by atoms with van der Waals surface area (Å²) in [4.78, 5) is 18.2. The smallest absolute Gasteiger partial charge is 0.244 e. The lowest BCUT2D eigenvalue weighted by molar-refractivity contribution is -0.116. The van der Waals surface area contributed by atoms with Crippen LogP contribution in [-0.4, -0.2) is 36.4 Å². The van der Waals surface area contributed by atoms with Crippen LogP contribution in [0.1, 0.15) is 22.9 Å². The van der Waals surface area contributed by atoms with E-state index in [1.165, 1.54) is 17.2 Å². The normalized spacial score (nSPS) is 12.5. The van der Waals surface area contributed by atoms with Crippen LogP contribution in [0.3, 0.4) is 0 Å². The lowest BCUT2D eigenvalue weighted by Gasteiger charge is -2.25. The summed E-state index contributed by atoms with van der Waals surface area (Å²) in [5.41, 5.74) is 3.19. The SMILES string of the molecule is Cc1ccc(C(CNC(=O)C=Cc2ccccn2)N(C)C)cc1. The standard InChI is InChI=1S/C19H23N3O/c1-15-7-9-16(10-8-15)18(22(2)3)14-21-19(23)12-11-17-6-4-5-13-20-17/h4-13,18H,14H2,1-3H3,(H,21,23). The van der Waals surface area contributed by atoms with E-state index < -0.39 is 0 Å². The number of nitrogens with one attached hydrogen (secondary N) is 1. The number of nitrogens with zero attached hydrogens (tertiary/aromatic N) is 2. The van der Waals surface area contributed by atoms with Gasteiger partial charge in [-0.3, -0.25) is 9.78 Å². The molecule has 0 fully saturated rings. The van der Waals surface area contributed by atoms with E-state index >= 15 is 0 Å². The number of likely N-dealkylation sites (N-methyl/N-ethyl adjacent to an activating group) is 1. The van der Waals surface area contributed by atoms with Gasteiger partial charge in [-0.05, 0) is 44.8 Å². The highest BCUT2D eigenvalue weighted by atomic mass is 16.1. The first-order valence-corrected chi connectivity index (χ1v) is 7.66. The highest BCUT2D eigenvalue weighted by Gasteiger charge is 2.14. The molecule has 4 nitrogen and oxygen atoms in total. The molecule has 1 amide bonds. The van der Waals surface area contributed by atoms with Gasteiger partial charge in [0.05, 0.1) is 11.7 Å². The predicted octanol–water partition coefficient (Wildman–Crippen LogP) is 2.82. The van der Waals surface area contributed by atoms with Gasteiger partial charge in [-0.25, -0.2) is 0 Å². The summed E-state index contributed by atoms with van der Waals surface area (Å²) in [5, 5.41) is 2.95. The predicted molar refractivity (Wildman–Crippen MR) is 93.9 cm³/mol. The lowest BCUT2D eigenvalue weighted by Crippen LogP contribution is -2.33. The summed E-state index contributed by atoms with van der Waals surface area (Å²) in [6, 6.07) is 14.1. The highest BCUT2D eigenvalue weighted by molar-refractivity contribution is 5.91. The van der Waals surface area contributed by atoms with E-state index in [9.17, 15) is 4.79 Å². The zero-order chi connectivity index (χ0) is 16.7. The van der Waals surface area contributed by atoms with Gasteiger partial charge in [0.25, 0.3) is 0 Å². The van der Waals surface area contributed by atoms with Crippen LogP contribution >= 0.6 is 0 Å². The summed E-state index contributed by atoms with van der Waals surface area (Å²) in [6.07, 6.45) is 4.94. The first kappa shape index (κ1) is 16.9. The van der Waals surface area contributed by atoms with Crippen LogP contribution in [0.25, 0.3) is 6.08 Å². The van der Waals surface area contributed by atoms with Gasteiger partial charge in [-0.1, -0.05) is 35.9 Å². The maximum atomic E-state index is 12.0. The van der Waals surface area contributed by atoms with Crippen LogP contribution in [-0.2, 0) is 4.79 Å². The number of carbonyl (C=O) groups excluding carboxylic acids is 1. The van der Waals surface area contributed by atoms with E-state index in [2.05, 4.69) is 46.4 Å². The number of aromatic nitrogens is 1. The van der Waals surface area contributed by atoms with Gasteiger partial charge in [0, 0.05) is 18.8 Å². The Labute approximate surface area is 137 Å². The highest BCUT2D eigenvalue weighted by Crippen LogP contribution is 2.17. The number of amides is 1. The average molecular weight is 309 g/mol. The van der Waals surface area contributed by atoms with E-state index in [0.717, 1.165) is 5.69 Å². The van der Waals surface area contributed by atoms with Crippen molar-refractivity contribution in [3.63, 3.8) is 0 Å². The van der Waals surface area contributed by atoms with Gasteiger partial charge < -0.3 is 10.2 Å². The third-order valence-corrected chi connectivity index (χ3v) is 3.65. The molecule has 1 atom stereocenters. The number of hydrogen-bond donors (Lipinski definition) is 1. The first-order chi connectivity index (χ1) is 11.1. The van der Waals surface area contributed by atoms with Crippen LogP contribution in [0.15, 0.2) is 54.7 Å². The van der Waals surface area contributed by atoms with Crippen LogP contribution in [0.5, 0.6) is 0 Å². The van der Waals surface area contributed by atoms with Crippen LogP contribution in [0.4, 0.5) is 0 Å². The molecule has 1 aromatic heterocycles. The minimum absolute atomic E-state index is 0.116. The molecular weight excluding hydrogens is 286 g/mol. The van der Waals surface area contributed by atoms with Crippen molar-refractivity contribution in [1.29, 1.82) is 0 Å². The van der Waals surface area contributed by atoms with Crippen molar-refractivity contribution in [3.8, 4) is 0 Å². The molecule has 1 N–H and O–H groups in total. The number of rotatable bonds is 6. The molecule has 2 aromatic rings. The minimum atomic E-state index is -0.116. The second kappa shape index (κ2) is 8.25. The second-order valence-electron chi connectivity index (χ2n) is 5.72. The molecule has 1 unspecified atom stereocenters. The fourth-order valence-corrected chi connectivity index (χ4v) is 2.28. The van der Waals surface area contributed by atoms with Crippen molar-refractivity contribution in [1.82, 2.24) is 15.2 Å². The quantitative estimate of drug-likeness (QED) is 0.835. The van der Waals surface area contributed by atoms with Crippen LogP contribution in [0, 0.1) is 6.92 Å². The second-order valence-corrected chi connectivity index (χ2v) is 5.72. The van der Waals surface area contributed by atoms with Gasteiger partial charge in [0.1, 0.15) is 0 Å². The van der Waals surface area contributed by atoms with Gasteiger partial charge >= 0.3 is 0 Å². The molecule has 1 aromatic carbocycles. The molecule has 0 saturated carbocycles. The Bertz CT molecular complexity index is 648. The Kier molecular flexibility index (Phi) is 6.06. The van der Waals surface area contributed by atoms with Gasteiger partial charge in [-0.2, -0.15) is 0 Å². The summed E-state index contributed by atoms with van der Waals surface area (Å²) in [5.74, 6) is -0.116. The largest absolute Gasteiger partial charge is 0.351 e. The van der Waals surface area contributed by atoms with Gasteiger partial charge in [-0.15, -0.1) is 0 Å². The fraction of sp³-hybridized carbons (Fsp3) is 0.263. The molecule has 0 bridgehead atoms. The molecule has 0 aliphatic heterocycles. The van der Waals surface area contributed by atoms with E-state index in [1.54, 1.807) is 12.3 Å². The number of carbonyl (C=O) groups is 1. The van der Waals surface area contributed by atoms with Crippen molar-refractivity contribution >= 4 is 12.0 Å². The summed E-state index contributed by atoms with van der Waals surface area (Å²) in [6.45, 7) is 2.63. The Balaban J connectivity index is 1.95. The first-order valence-electron chi connectivity index (χ1n) is 7.66. The Morgan fingerprint density at radius 2 is 1.96 bits per heavy atom. The Hall–Kier alpha value is -2.46. The van der Waals surface area contributed by atoms with E-state index in [1.807, 2.05) is 32.3 Å². The van der Waals surface area contributed by atoms with Crippen molar-refractivity contribution in [3.05, 3.63) is 71.6 Å². The molecule has 0 radical (unpaired) electrons. The maximum absolute atomic E-state index is 12.0. The maximum Gasteiger partial charge on any atom is 0.244 e. The number of benzene rings is 1. The average Bonchev–Trinajstić information content (AvgIpc) is 2.55. The van der Waals surface area contributed by atoms with E-state index in [0.29, 0.717) is 6.54 Å². The molecule has 2 rings (SSSR count). The molecular formula is C19H23N3O. The number of hydrogen-bond acceptors (Lipinski definition) is 3. The summed E-state index contributed by atoms with van der Waals surface area (Å²) in [7, 11) is 4.03. The number of pyridine rings is 1. The molecule has 1 heterocycles. The van der Waals surface area contributed by atoms with Gasteiger partial charge in [0.15, 0.2) is 0 Å². The molecule has 23 heavy (non-hydrogen) atoms. The zero-order valence-electron chi connectivity index (χ0n) is 13.9. The molecule has 4 heteroatoms. The lowest BCUT2D eigenvalue weighted by atomic mass is 10.0. The van der Waals surface area contributed by atoms with Gasteiger partial charge in [0.2, 0.25) is 5.91 Å². The van der Waals surface area contributed by atoms with E-state index in [-0.39, 0.29) is 11.9 Å². The number of aryl methyl sites for hydroxylation is 1. The van der Waals surface area contributed by atoms with Crippen molar-refractivity contribution in [2.75, 3.05) is 20.6 Å². The van der Waals surface area contributed by atoms with Crippen LogP contribution < -0.4 is 5.32 Å². The minimum Gasteiger partial charge on any atom is -0.351 e. The molecule has 120 valence electrons. The zero-order valence-corrected chi connectivity index (χ0v) is 13.9. The van der Waals surface area contributed by atoms with Crippen molar-refractivity contribution in [2.45, 2.75) is 13.0 Å². The van der Waals surface area contributed by atoms with Crippen molar-refractivity contribution < 1.29 is 4.79 Å². The third-order valence-electron chi connectivity index (χ3n) is 3.65. The fourth-order valence-electron chi connectivity index (χ4n) is 2.28. The molecule has 0 aliphatic rings. The van der Waals surface area contributed by atoms with Crippen molar-refractivity contribution in [2.24, 2.45) is 0 Å². The van der Waals surface area contributed by atoms with E-state index in [4.69, 9.17) is 0 Å².